The van der Waals surface area contributed by atoms with Crippen LogP contribution in [0.4, 0.5) is 13.9 Å². The topological polar surface area (TPSA) is 59.8 Å². The molecule has 28 heavy (non-hydrogen) atoms. The molecule has 2 aromatic heterocycles. The van der Waals surface area contributed by atoms with Crippen molar-refractivity contribution in [2.75, 3.05) is 4.72 Å². The van der Waals surface area contributed by atoms with E-state index < -0.39 is 16.8 Å². The zero-order valence-corrected chi connectivity index (χ0v) is 16.8. The Labute approximate surface area is 170 Å². The van der Waals surface area contributed by atoms with E-state index in [1.165, 1.54) is 30.6 Å². The first-order chi connectivity index (χ1) is 13.4. The second-order valence-corrected chi connectivity index (χ2v) is 8.46. The van der Waals surface area contributed by atoms with E-state index in [0.29, 0.717) is 17.2 Å². The van der Waals surface area contributed by atoms with Gasteiger partial charge in [-0.15, -0.1) is 0 Å². The van der Waals surface area contributed by atoms with Gasteiger partial charge in [0.1, 0.15) is 18.0 Å². The molecule has 0 radical (unpaired) electrons. The van der Waals surface area contributed by atoms with E-state index in [-0.39, 0.29) is 15.7 Å². The molecule has 2 aromatic carbocycles. The minimum absolute atomic E-state index is 0.0698. The Bertz CT molecular complexity index is 1190. The molecule has 0 amide bonds. The van der Waals surface area contributed by atoms with Crippen molar-refractivity contribution in [2.45, 2.75) is 18.4 Å². The monoisotopic (exact) mass is 438 g/mol. The van der Waals surface area contributed by atoms with Gasteiger partial charge in [-0.1, -0.05) is 11.6 Å². The van der Waals surface area contributed by atoms with Crippen LogP contribution in [0.2, 0.25) is 5.02 Å². The van der Waals surface area contributed by atoms with Crippen LogP contribution in [-0.2, 0) is 17.5 Å². The largest absolute Gasteiger partial charge is 0.343 e. The summed E-state index contributed by atoms with van der Waals surface area (Å²) in [4.78, 5) is 3.79. The first-order valence-electron chi connectivity index (χ1n) is 8.10. The van der Waals surface area contributed by atoms with Crippen LogP contribution in [0.15, 0.2) is 47.8 Å². The van der Waals surface area contributed by atoms with Crippen LogP contribution in [0.3, 0.4) is 0 Å². The molecule has 0 bridgehead atoms. The molecule has 1 atom stereocenters. The Morgan fingerprint density at radius 3 is 2.86 bits per heavy atom. The minimum atomic E-state index is -1.86. The lowest BCUT2D eigenvalue weighted by atomic mass is 10.2. The molecule has 0 saturated heterocycles. The van der Waals surface area contributed by atoms with Gasteiger partial charge in [0.05, 0.1) is 4.90 Å². The van der Waals surface area contributed by atoms with Crippen molar-refractivity contribution >= 4 is 50.2 Å². The fourth-order valence-electron chi connectivity index (χ4n) is 2.95. The fraction of sp³-hybridized carbons (Fsp3) is 0.111. The molecule has 1 unspecified atom stereocenters. The van der Waals surface area contributed by atoms with E-state index in [1.54, 1.807) is 6.07 Å². The first-order valence-corrected chi connectivity index (χ1v) is 10.4. The normalized spacial score (nSPS) is 12.4. The van der Waals surface area contributed by atoms with Crippen molar-refractivity contribution in [3.8, 4) is 0 Å². The van der Waals surface area contributed by atoms with Gasteiger partial charge in [-0.2, -0.15) is 4.37 Å². The lowest BCUT2D eigenvalue weighted by Gasteiger charge is -2.11. The Kier molecular flexibility index (Phi) is 5.13. The first kappa shape index (κ1) is 19.0. The maximum absolute atomic E-state index is 14.6. The quantitative estimate of drug-likeness (QED) is 0.481. The molecule has 0 spiro atoms. The summed E-state index contributed by atoms with van der Waals surface area (Å²) in [5.41, 5.74) is 2.25. The lowest BCUT2D eigenvalue weighted by Crippen LogP contribution is -2.08. The molecule has 4 rings (SSSR count). The van der Waals surface area contributed by atoms with E-state index in [0.717, 1.165) is 28.0 Å². The van der Waals surface area contributed by atoms with Gasteiger partial charge in [0, 0.05) is 40.2 Å². The molecule has 2 heterocycles. The molecular formula is C18H13ClF2N4OS2. The van der Waals surface area contributed by atoms with Gasteiger partial charge >= 0.3 is 0 Å². The Morgan fingerprint density at radius 2 is 2.11 bits per heavy atom. The Morgan fingerprint density at radius 1 is 1.29 bits per heavy atom. The summed E-state index contributed by atoms with van der Waals surface area (Å²) in [7, 11) is -1.86. The van der Waals surface area contributed by atoms with Gasteiger partial charge in [0.15, 0.2) is 11.0 Å². The zero-order chi connectivity index (χ0) is 19.8. The number of aryl methyl sites for hydroxylation is 1. The van der Waals surface area contributed by atoms with Gasteiger partial charge in [0.2, 0.25) is 5.13 Å². The summed E-state index contributed by atoms with van der Waals surface area (Å²) in [6.07, 6.45) is 3.17. The zero-order valence-electron chi connectivity index (χ0n) is 14.4. The van der Waals surface area contributed by atoms with Crippen LogP contribution in [0.5, 0.6) is 0 Å². The SMILES string of the molecule is Cc1cn(Cc2cc(F)c(S(=O)Nc3ncns3)cc2Cl)c2ccc(F)cc12. The van der Waals surface area contributed by atoms with Crippen molar-refractivity contribution in [3.63, 3.8) is 0 Å². The highest BCUT2D eigenvalue weighted by Gasteiger charge is 2.16. The molecule has 10 heteroatoms. The number of nitrogens with one attached hydrogen (secondary N) is 1. The standard InChI is InChI=1S/C18H13ClF2N4OS2/c1-10-7-25(16-3-2-12(20)5-13(10)16)8-11-4-15(21)17(6-14(11)19)28(26)24-18-22-9-23-27-18/h2-7,9H,8H2,1H3,(H,22,23,24). The van der Waals surface area contributed by atoms with Gasteiger partial charge in [-0.05, 0) is 48.4 Å². The molecule has 0 saturated carbocycles. The van der Waals surface area contributed by atoms with E-state index >= 15 is 0 Å². The average Bonchev–Trinajstić information content (AvgIpc) is 3.26. The van der Waals surface area contributed by atoms with Gasteiger partial charge in [0.25, 0.3) is 0 Å². The maximum Gasteiger partial charge on any atom is 0.214 e. The van der Waals surface area contributed by atoms with Crippen LogP contribution < -0.4 is 4.72 Å². The summed E-state index contributed by atoms with van der Waals surface area (Å²) < 4.78 is 48.7. The number of anilines is 1. The third kappa shape index (κ3) is 3.65. The predicted molar refractivity (Wildman–Crippen MR) is 107 cm³/mol. The Hall–Kier alpha value is -2.36. The number of fused-ring (bicyclic) bond motifs is 1. The van der Waals surface area contributed by atoms with Crippen molar-refractivity contribution in [1.29, 1.82) is 0 Å². The average molecular weight is 439 g/mol. The molecule has 0 aliphatic rings. The molecule has 4 aromatic rings. The number of rotatable bonds is 5. The summed E-state index contributed by atoms with van der Waals surface area (Å²) in [6.45, 7) is 2.17. The second kappa shape index (κ2) is 7.57. The van der Waals surface area contributed by atoms with Crippen LogP contribution in [0.25, 0.3) is 10.9 Å². The molecule has 5 nitrogen and oxygen atoms in total. The van der Waals surface area contributed by atoms with E-state index in [1.807, 2.05) is 17.7 Å². The third-order valence-corrected chi connectivity index (χ3v) is 6.38. The highest BCUT2D eigenvalue weighted by Crippen LogP contribution is 2.28. The number of nitrogens with zero attached hydrogens (tertiary/aromatic N) is 3. The van der Waals surface area contributed by atoms with Crippen molar-refractivity contribution in [2.24, 2.45) is 0 Å². The third-order valence-electron chi connectivity index (χ3n) is 4.23. The second-order valence-electron chi connectivity index (χ2n) is 6.09. The predicted octanol–water partition coefficient (Wildman–Crippen LogP) is 4.92. The Balaban J connectivity index is 1.65. The van der Waals surface area contributed by atoms with E-state index in [2.05, 4.69) is 14.1 Å². The number of hydrogen-bond acceptors (Lipinski definition) is 4. The van der Waals surface area contributed by atoms with Crippen LogP contribution in [0.1, 0.15) is 11.1 Å². The van der Waals surface area contributed by atoms with E-state index in [4.69, 9.17) is 11.6 Å². The van der Waals surface area contributed by atoms with Crippen LogP contribution in [-0.4, -0.2) is 18.1 Å². The van der Waals surface area contributed by atoms with Gasteiger partial charge in [-0.3, -0.25) is 4.72 Å². The molecule has 144 valence electrons. The van der Waals surface area contributed by atoms with Crippen LogP contribution in [0, 0.1) is 18.6 Å². The van der Waals surface area contributed by atoms with Gasteiger partial charge < -0.3 is 4.57 Å². The van der Waals surface area contributed by atoms with Gasteiger partial charge in [-0.25, -0.2) is 18.0 Å². The number of aromatic nitrogens is 3. The number of halogens is 3. The molecule has 1 N–H and O–H groups in total. The van der Waals surface area contributed by atoms with Crippen LogP contribution >= 0.6 is 23.1 Å². The summed E-state index contributed by atoms with van der Waals surface area (Å²) in [6, 6.07) is 7.13. The molecule has 0 aliphatic heterocycles. The highest BCUT2D eigenvalue weighted by atomic mass is 35.5. The summed E-state index contributed by atoms with van der Waals surface area (Å²) >= 11 is 7.35. The maximum atomic E-state index is 14.6. The fourth-order valence-corrected chi connectivity index (χ4v) is 4.68. The smallest absolute Gasteiger partial charge is 0.214 e. The van der Waals surface area contributed by atoms with Crippen molar-refractivity contribution in [1.82, 2.24) is 13.9 Å². The summed E-state index contributed by atoms with van der Waals surface area (Å²) in [5.74, 6) is -0.957. The molecule has 0 aliphatic carbocycles. The van der Waals surface area contributed by atoms with Crippen molar-refractivity contribution < 1.29 is 13.0 Å². The minimum Gasteiger partial charge on any atom is -0.343 e. The highest BCUT2D eigenvalue weighted by molar-refractivity contribution is 7.86. The summed E-state index contributed by atoms with van der Waals surface area (Å²) in [5, 5.41) is 1.39. The molecule has 0 fully saturated rings. The van der Waals surface area contributed by atoms with E-state index in [9.17, 15) is 13.0 Å². The number of hydrogen-bond donors (Lipinski definition) is 1. The number of benzene rings is 2. The molecular weight excluding hydrogens is 426 g/mol. The lowest BCUT2D eigenvalue weighted by molar-refractivity contribution is 0.592. The van der Waals surface area contributed by atoms with Crippen molar-refractivity contribution in [3.05, 3.63) is 70.6 Å².